The first kappa shape index (κ1) is 14.2. The lowest BCUT2D eigenvalue weighted by atomic mass is 10.2. The van der Waals surface area contributed by atoms with Gasteiger partial charge >= 0.3 is 0 Å². The van der Waals surface area contributed by atoms with E-state index in [9.17, 15) is 0 Å². The second kappa shape index (κ2) is 5.65. The Bertz CT molecular complexity index is 993. The van der Waals surface area contributed by atoms with E-state index in [1.54, 1.807) is 24.5 Å². The summed E-state index contributed by atoms with van der Waals surface area (Å²) in [6.45, 7) is 0. The van der Waals surface area contributed by atoms with Gasteiger partial charge in [0.25, 0.3) is 0 Å². The van der Waals surface area contributed by atoms with Crippen LogP contribution in [0.25, 0.3) is 33.8 Å². The first-order chi connectivity index (χ1) is 11.2. The average molecular weight is 341 g/mol. The molecule has 3 aromatic heterocycles. The Labute approximate surface area is 142 Å². The maximum atomic E-state index is 6.16. The number of aromatic amines is 1. The van der Waals surface area contributed by atoms with Crippen molar-refractivity contribution in [2.24, 2.45) is 0 Å². The molecule has 0 aliphatic carbocycles. The van der Waals surface area contributed by atoms with Gasteiger partial charge in [0.2, 0.25) is 0 Å². The van der Waals surface area contributed by atoms with Crippen LogP contribution in [0.4, 0.5) is 0 Å². The molecule has 1 aromatic carbocycles. The monoisotopic (exact) mass is 340 g/mol. The molecule has 0 fully saturated rings. The largest absolute Gasteiger partial charge is 0.337 e. The lowest BCUT2D eigenvalue weighted by Crippen LogP contribution is -1.89. The number of halogens is 2. The Morgan fingerprint density at radius 3 is 2.65 bits per heavy atom. The fourth-order valence-corrected chi connectivity index (χ4v) is 2.78. The standard InChI is InChI=1S/C17H10Cl2N4/c18-11-4-6-13-15(8-11)23-17(22-13)14-5-3-10(9-21-14)16-12(19)2-1-7-20-16/h1-9H,(H,22,23). The quantitative estimate of drug-likeness (QED) is 0.559. The van der Waals surface area contributed by atoms with E-state index in [0.29, 0.717) is 21.6 Å². The minimum atomic E-state index is 0.598. The summed E-state index contributed by atoms with van der Waals surface area (Å²) in [4.78, 5) is 16.5. The number of nitrogens with zero attached hydrogens (tertiary/aromatic N) is 3. The van der Waals surface area contributed by atoms with Gasteiger partial charge in [-0.2, -0.15) is 0 Å². The number of nitrogens with one attached hydrogen (secondary N) is 1. The Hall–Kier alpha value is -2.43. The van der Waals surface area contributed by atoms with E-state index < -0.39 is 0 Å². The van der Waals surface area contributed by atoms with Crippen molar-refractivity contribution in [3.8, 4) is 22.8 Å². The minimum absolute atomic E-state index is 0.598. The number of rotatable bonds is 2. The summed E-state index contributed by atoms with van der Waals surface area (Å²) in [6, 6.07) is 13.0. The van der Waals surface area contributed by atoms with Gasteiger partial charge in [0, 0.05) is 23.0 Å². The lowest BCUT2D eigenvalue weighted by molar-refractivity contribution is 1.23. The zero-order chi connectivity index (χ0) is 15.8. The summed E-state index contributed by atoms with van der Waals surface area (Å²) >= 11 is 12.2. The highest BCUT2D eigenvalue weighted by atomic mass is 35.5. The van der Waals surface area contributed by atoms with Crippen molar-refractivity contribution in [1.29, 1.82) is 0 Å². The van der Waals surface area contributed by atoms with Crippen molar-refractivity contribution in [2.75, 3.05) is 0 Å². The summed E-state index contributed by atoms with van der Waals surface area (Å²) in [5, 5.41) is 1.27. The Morgan fingerprint density at radius 2 is 1.87 bits per heavy atom. The molecule has 0 bridgehead atoms. The molecule has 0 saturated carbocycles. The lowest BCUT2D eigenvalue weighted by Gasteiger charge is -2.03. The van der Waals surface area contributed by atoms with E-state index in [4.69, 9.17) is 23.2 Å². The topological polar surface area (TPSA) is 54.5 Å². The van der Waals surface area contributed by atoms with E-state index in [1.165, 1.54) is 0 Å². The van der Waals surface area contributed by atoms with Gasteiger partial charge in [0.15, 0.2) is 5.82 Å². The van der Waals surface area contributed by atoms with Crippen LogP contribution in [0.2, 0.25) is 10.0 Å². The van der Waals surface area contributed by atoms with Gasteiger partial charge < -0.3 is 4.98 Å². The molecule has 0 spiro atoms. The minimum Gasteiger partial charge on any atom is -0.337 e. The molecule has 4 rings (SSSR count). The van der Waals surface area contributed by atoms with Crippen LogP contribution in [-0.2, 0) is 0 Å². The zero-order valence-corrected chi connectivity index (χ0v) is 13.3. The third kappa shape index (κ3) is 2.67. The molecule has 4 nitrogen and oxygen atoms in total. The zero-order valence-electron chi connectivity index (χ0n) is 11.8. The number of imidazole rings is 1. The van der Waals surface area contributed by atoms with Crippen molar-refractivity contribution < 1.29 is 0 Å². The molecule has 0 unspecified atom stereocenters. The van der Waals surface area contributed by atoms with Gasteiger partial charge in [-0.05, 0) is 42.5 Å². The van der Waals surface area contributed by atoms with Crippen LogP contribution < -0.4 is 0 Å². The van der Waals surface area contributed by atoms with Crippen molar-refractivity contribution in [1.82, 2.24) is 19.9 Å². The Kier molecular flexibility index (Phi) is 3.48. The summed E-state index contributed by atoms with van der Waals surface area (Å²) < 4.78 is 0. The van der Waals surface area contributed by atoms with Gasteiger partial charge in [-0.25, -0.2) is 4.98 Å². The van der Waals surface area contributed by atoms with Crippen LogP contribution in [0, 0.1) is 0 Å². The summed E-state index contributed by atoms with van der Waals surface area (Å²) in [6.07, 6.45) is 3.45. The van der Waals surface area contributed by atoms with Crippen molar-refractivity contribution in [2.45, 2.75) is 0 Å². The number of H-pyrrole nitrogens is 1. The van der Waals surface area contributed by atoms with E-state index in [-0.39, 0.29) is 0 Å². The second-order valence-corrected chi connectivity index (χ2v) is 5.86. The maximum absolute atomic E-state index is 6.16. The van der Waals surface area contributed by atoms with Crippen molar-refractivity contribution in [3.05, 3.63) is 64.9 Å². The highest BCUT2D eigenvalue weighted by Gasteiger charge is 2.09. The summed E-state index contributed by atoms with van der Waals surface area (Å²) in [5.41, 5.74) is 4.05. The predicted octanol–water partition coefficient (Wildman–Crippen LogP) is 4.99. The van der Waals surface area contributed by atoms with Crippen LogP contribution >= 0.6 is 23.2 Å². The van der Waals surface area contributed by atoms with Crippen molar-refractivity contribution in [3.63, 3.8) is 0 Å². The molecule has 0 aliphatic rings. The third-order valence-electron chi connectivity index (χ3n) is 3.48. The van der Waals surface area contributed by atoms with Crippen LogP contribution in [0.5, 0.6) is 0 Å². The van der Waals surface area contributed by atoms with E-state index in [0.717, 1.165) is 22.3 Å². The predicted molar refractivity (Wildman–Crippen MR) is 92.6 cm³/mol. The summed E-state index contributed by atoms with van der Waals surface area (Å²) in [5.74, 6) is 0.695. The van der Waals surface area contributed by atoms with E-state index >= 15 is 0 Å². The van der Waals surface area contributed by atoms with Gasteiger partial charge in [-0.1, -0.05) is 23.2 Å². The number of hydrogen-bond donors (Lipinski definition) is 1. The van der Waals surface area contributed by atoms with Crippen LogP contribution in [0.1, 0.15) is 0 Å². The molecule has 1 N–H and O–H groups in total. The molecule has 23 heavy (non-hydrogen) atoms. The fraction of sp³-hybridized carbons (Fsp3) is 0. The Balaban J connectivity index is 1.73. The molecule has 3 heterocycles. The van der Waals surface area contributed by atoms with Gasteiger partial charge in [-0.15, -0.1) is 0 Å². The molecule has 112 valence electrons. The van der Waals surface area contributed by atoms with Crippen LogP contribution in [-0.4, -0.2) is 19.9 Å². The molecular formula is C17H10Cl2N4. The molecule has 0 aliphatic heterocycles. The molecule has 0 radical (unpaired) electrons. The molecule has 0 atom stereocenters. The van der Waals surface area contributed by atoms with Gasteiger partial charge in [-0.3, -0.25) is 9.97 Å². The molecule has 6 heteroatoms. The first-order valence-electron chi connectivity index (χ1n) is 6.93. The number of pyridine rings is 2. The number of aromatic nitrogens is 4. The smallest absolute Gasteiger partial charge is 0.157 e. The van der Waals surface area contributed by atoms with Crippen molar-refractivity contribution >= 4 is 34.2 Å². The van der Waals surface area contributed by atoms with E-state index in [1.807, 2.05) is 30.3 Å². The second-order valence-electron chi connectivity index (χ2n) is 5.01. The number of fused-ring (bicyclic) bond motifs is 1. The average Bonchev–Trinajstić information content (AvgIpc) is 2.98. The van der Waals surface area contributed by atoms with Crippen LogP contribution in [0.15, 0.2) is 54.9 Å². The molecular weight excluding hydrogens is 331 g/mol. The van der Waals surface area contributed by atoms with Crippen LogP contribution in [0.3, 0.4) is 0 Å². The highest BCUT2D eigenvalue weighted by molar-refractivity contribution is 6.33. The number of benzene rings is 1. The molecule has 0 amide bonds. The first-order valence-corrected chi connectivity index (χ1v) is 7.69. The normalized spacial score (nSPS) is 11.0. The van der Waals surface area contributed by atoms with Gasteiger partial charge in [0.05, 0.1) is 21.7 Å². The third-order valence-corrected chi connectivity index (χ3v) is 4.02. The highest BCUT2D eigenvalue weighted by Crippen LogP contribution is 2.26. The fourth-order valence-electron chi connectivity index (χ4n) is 2.38. The van der Waals surface area contributed by atoms with E-state index in [2.05, 4.69) is 19.9 Å². The molecule has 4 aromatic rings. The maximum Gasteiger partial charge on any atom is 0.157 e. The molecule has 0 saturated heterocycles. The summed E-state index contributed by atoms with van der Waals surface area (Å²) in [7, 11) is 0. The number of hydrogen-bond acceptors (Lipinski definition) is 3. The van der Waals surface area contributed by atoms with Gasteiger partial charge in [0.1, 0.15) is 5.69 Å². The SMILES string of the molecule is Clc1ccc2nc(-c3ccc(-c4ncccc4Cl)cn3)[nH]c2c1. The Morgan fingerprint density at radius 1 is 0.957 bits per heavy atom.